The van der Waals surface area contributed by atoms with Gasteiger partial charge in [0.15, 0.2) is 0 Å². The molecule has 1 aliphatic rings. The van der Waals surface area contributed by atoms with Crippen molar-refractivity contribution in [2.45, 2.75) is 45.2 Å². The fourth-order valence-corrected chi connectivity index (χ4v) is 3.50. The van der Waals surface area contributed by atoms with Crippen LogP contribution in [0.3, 0.4) is 0 Å². The zero-order valence-corrected chi connectivity index (χ0v) is 17.0. The molecule has 0 bridgehead atoms. The monoisotopic (exact) mass is 397 g/mol. The van der Waals surface area contributed by atoms with Gasteiger partial charge in [-0.15, -0.1) is 0 Å². The fraction of sp³-hybridized carbons (Fsp3) is 0.391. The number of rotatable bonds is 9. The number of carbonyl (C=O) groups is 1. The van der Waals surface area contributed by atoms with Crippen LogP contribution in [0.4, 0.5) is 4.39 Å². The summed E-state index contributed by atoms with van der Waals surface area (Å²) in [5.41, 5.74) is 1.97. The van der Waals surface area contributed by atoms with Crippen LogP contribution in [0.5, 0.6) is 5.75 Å². The summed E-state index contributed by atoms with van der Waals surface area (Å²) in [7, 11) is 1.61. The lowest BCUT2D eigenvalue weighted by Crippen LogP contribution is -2.29. The van der Waals surface area contributed by atoms with Crippen molar-refractivity contribution < 1.29 is 13.9 Å². The van der Waals surface area contributed by atoms with Crippen LogP contribution in [0.2, 0.25) is 0 Å². The highest BCUT2D eigenvalue weighted by Crippen LogP contribution is 2.32. The summed E-state index contributed by atoms with van der Waals surface area (Å²) < 4.78 is 19.6. The Labute approximate surface area is 171 Å². The van der Waals surface area contributed by atoms with Crippen LogP contribution in [0.25, 0.3) is 0 Å². The number of nitrogens with one attached hydrogen (secondary N) is 1. The molecule has 0 saturated heterocycles. The fourth-order valence-electron chi connectivity index (χ4n) is 3.50. The number of ether oxygens (including phenoxy) is 1. The van der Waals surface area contributed by atoms with E-state index < -0.39 is 0 Å². The van der Waals surface area contributed by atoms with E-state index >= 15 is 0 Å². The van der Waals surface area contributed by atoms with Crippen molar-refractivity contribution in [2.24, 2.45) is 5.10 Å². The molecule has 0 spiro atoms. The predicted octanol–water partition coefficient (Wildman–Crippen LogP) is 4.44. The van der Waals surface area contributed by atoms with E-state index in [1.807, 2.05) is 35.3 Å². The Morgan fingerprint density at radius 1 is 1.24 bits per heavy atom. The minimum atomic E-state index is -0.258. The second-order valence-electron chi connectivity index (χ2n) is 7.19. The highest BCUT2D eigenvalue weighted by Gasteiger charge is 2.32. The van der Waals surface area contributed by atoms with Crippen molar-refractivity contribution in [1.82, 2.24) is 10.3 Å². The molecule has 1 amide bonds. The Kier molecular flexibility index (Phi) is 7.22. The van der Waals surface area contributed by atoms with E-state index in [0.29, 0.717) is 30.8 Å². The molecule has 29 heavy (non-hydrogen) atoms. The first kappa shape index (κ1) is 20.8. The molecule has 1 atom stereocenters. The van der Waals surface area contributed by atoms with E-state index in [-0.39, 0.29) is 17.8 Å². The molecule has 1 N–H and O–H groups in total. The van der Waals surface area contributed by atoms with Gasteiger partial charge in [-0.3, -0.25) is 9.80 Å². The van der Waals surface area contributed by atoms with Gasteiger partial charge in [0.1, 0.15) is 17.3 Å². The normalized spacial score (nSPS) is 15.9. The van der Waals surface area contributed by atoms with E-state index in [2.05, 4.69) is 17.3 Å². The molecule has 0 aromatic heterocycles. The summed E-state index contributed by atoms with van der Waals surface area (Å²) in [4.78, 5) is 12.7. The maximum atomic E-state index is 14.4. The van der Waals surface area contributed by atoms with E-state index in [9.17, 15) is 9.18 Å². The first-order valence-electron chi connectivity index (χ1n) is 10.1. The number of hydrazone groups is 1. The average Bonchev–Trinajstić information content (AvgIpc) is 3.16. The standard InChI is InChI=1S/C23H28FN3O2/c1-3-4-7-13-27-22(19-11-5-6-12-20(19)24)15-21(26-27)23(28)25-16-17-9-8-10-18(14-17)29-2/h5-6,8-12,14,22H,3-4,7,13,15-16H2,1-2H3,(H,25,28). The van der Waals surface area contributed by atoms with Crippen LogP contribution >= 0.6 is 0 Å². The number of methoxy groups -OCH3 is 1. The number of nitrogens with zero attached hydrogens (tertiary/aromatic N) is 2. The molecule has 0 aliphatic carbocycles. The molecule has 0 saturated carbocycles. The van der Waals surface area contributed by atoms with Crippen LogP contribution < -0.4 is 10.1 Å². The van der Waals surface area contributed by atoms with Gasteiger partial charge in [-0.25, -0.2) is 4.39 Å². The summed E-state index contributed by atoms with van der Waals surface area (Å²) in [5.74, 6) is 0.273. The number of hydrogen-bond donors (Lipinski definition) is 1. The van der Waals surface area contributed by atoms with Crippen LogP contribution in [0, 0.1) is 5.82 Å². The summed E-state index contributed by atoms with van der Waals surface area (Å²) in [6.45, 7) is 3.23. The highest BCUT2D eigenvalue weighted by atomic mass is 19.1. The van der Waals surface area contributed by atoms with Crippen LogP contribution in [0.15, 0.2) is 53.6 Å². The Morgan fingerprint density at radius 2 is 2.07 bits per heavy atom. The third-order valence-corrected chi connectivity index (χ3v) is 5.10. The lowest BCUT2D eigenvalue weighted by atomic mass is 10.0. The van der Waals surface area contributed by atoms with Gasteiger partial charge in [-0.05, 0) is 30.2 Å². The van der Waals surface area contributed by atoms with Crippen molar-refractivity contribution in [3.05, 3.63) is 65.5 Å². The molecular formula is C23H28FN3O2. The molecule has 6 heteroatoms. The van der Waals surface area contributed by atoms with E-state index in [4.69, 9.17) is 4.74 Å². The van der Waals surface area contributed by atoms with Crippen LogP contribution in [0.1, 0.15) is 49.8 Å². The van der Waals surface area contributed by atoms with Gasteiger partial charge in [-0.2, -0.15) is 5.10 Å². The molecular weight excluding hydrogens is 369 g/mol. The lowest BCUT2D eigenvalue weighted by Gasteiger charge is -2.24. The van der Waals surface area contributed by atoms with E-state index in [0.717, 1.165) is 30.6 Å². The summed E-state index contributed by atoms with van der Waals surface area (Å²) in [5, 5.41) is 9.34. The largest absolute Gasteiger partial charge is 0.497 e. The smallest absolute Gasteiger partial charge is 0.267 e. The average molecular weight is 397 g/mol. The maximum Gasteiger partial charge on any atom is 0.267 e. The molecule has 5 nitrogen and oxygen atoms in total. The molecule has 1 unspecified atom stereocenters. The number of carbonyl (C=O) groups excluding carboxylic acids is 1. The first-order chi connectivity index (χ1) is 14.1. The van der Waals surface area contributed by atoms with E-state index in [1.54, 1.807) is 19.2 Å². The Bertz CT molecular complexity index is 869. The Balaban J connectivity index is 1.69. The van der Waals surface area contributed by atoms with Crippen molar-refractivity contribution >= 4 is 11.6 Å². The number of amides is 1. The minimum Gasteiger partial charge on any atom is -0.497 e. The molecule has 0 fully saturated rings. The topological polar surface area (TPSA) is 53.9 Å². The zero-order chi connectivity index (χ0) is 20.6. The third kappa shape index (κ3) is 5.34. The molecule has 0 radical (unpaired) electrons. The second-order valence-corrected chi connectivity index (χ2v) is 7.19. The van der Waals surface area contributed by atoms with Crippen molar-refractivity contribution in [1.29, 1.82) is 0 Å². The van der Waals surface area contributed by atoms with Gasteiger partial charge in [0.25, 0.3) is 5.91 Å². The number of halogens is 1. The Hall–Kier alpha value is -2.89. The molecule has 2 aromatic rings. The molecule has 1 heterocycles. The van der Waals surface area contributed by atoms with Crippen molar-refractivity contribution in [3.63, 3.8) is 0 Å². The van der Waals surface area contributed by atoms with Crippen LogP contribution in [-0.2, 0) is 11.3 Å². The van der Waals surface area contributed by atoms with E-state index in [1.165, 1.54) is 6.07 Å². The maximum absolute atomic E-state index is 14.4. The van der Waals surface area contributed by atoms with Gasteiger partial charge in [0.05, 0.1) is 13.2 Å². The second kappa shape index (κ2) is 10.0. The third-order valence-electron chi connectivity index (χ3n) is 5.10. The van der Waals surface area contributed by atoms with Gasteiger partial charge in [-0.1, -0.05) is 50.1 Å². The zero-order valence-electron chi connectivity index (χ0n) is 17.0. The number of unbranched alkanes of at least 4 members (excludes halogenated alkanes) is 2. The molecule has 2 aromatic carbocycles. The summed E-state index contributed by atoms with van der Waals surface area (Å²) in [6, 6.07) is 14.1. The number of hydrogen-bond acceptors (Lipinski definition) is 4. The highest BCUT2D eigenvalue weighted by molar-refractivity contribution is 6.39. The van der Waals surface area contributed by atoms with Gasteiger partial charge < -0.3 is 10.1 Å². The molecule has 1 aliphatic heterocycles. The lowest BCUT2D eigenvalue weighted by molar-refractivity contribution is -0.115. The van der Waals surface area contributed by atoms with Crippen LogP contribution in [-0.4, -0.2) is 30.3 Å². The molecule has 3 rings (SSSR count). The minimum absolute atomic E-state index is 0.216. The molecule has 154 valence electrons. The van der Waals surface area contributed by atoms with Gasteiger partial charge >= 0.3 is 0 Å². The summed E-state index contributed by atoms with van der Waals surface area (Å²) in [6.07, 6.45) is 3.53. The van der Waals surface area contributed by atoms with Gasteiger partial charge in [0, 0.05) is 25.1 Å². The SMILES string of the molecule is CCCCCN1N=C(C(=O)NCc2cccc(OC)c2)CC1c1ccccc1F. The quantitative estimate of drug-likeness (QED) is 0.637. The van der Waals surface area contributed by atoms with Crippen molar-refractivity contribution in [3.8, 4) is 5.75 Å². The Morgan fingerprint density at radius 3 is 2.83 bits per heavy atom. The first-order valence-corrected chi connectivity index (χ1v) is 10.1. The summed E-state index contributed by atoms with van der Waals surface area (Å²) >= 11 is 0. The van der Waals surface area contributed by atoms with Gasteiger partial charge in [0.2, 0.25) is 0 Å². The van der Waals surface area contributed by atoms with Crippen molar-refractivity contribution in [2.75, 3.05) is 13.7 Å². The number of benzene rings is 2. The predicted molar refractivity (Wildman–Crippen MR) is 112 cm³/mol.